The predicted molar refractivity (Wildman–Crippen MR) is 110 cm³/mol. The summed E-state index contributed by atoms with van der Waals surface area (Å²) in [6.07, 6.45) is -0.0102. The Bertz CT molecular complexity index is 1100. The summed E-state index contributed by atoms with van der Waals surface area (Å²) in [5.41, 5.74) is 7.50. The minimum absolute atomic E-state index is 0.0102. The van der Waals surface area contributed by atoms with E-state index in [1.54, 1.807) is 61.1 Å². The van der Waals surface area contributed by atoms with Gasteiger partial charge in [-0.2, -0.15) is 0 Å². The van der Waals surface area contributed by atoms with E-state index >= 15 is 0 Å². The van der Waals surface area contributed by atoms with E-state index in [2.05, 4.69) is 5.32 Å². The first kappa shape index (κ1) is 20.4. The molecule has 29 heavy (non-hydrogen) atoms. The van der Waals surface area contributed by atoms with Crippen LogP contribution in [0.4, 0.5) is 0 Å². The molecule has 0 saturated carbocycles. The van der Waals surface area contributed by atoms with Crippen molar-refractivity contribution in [2.45, 2.75) is 13.3 Å². The van der Waals surface area contributed by atoms with Gasteiger partial charge < -0.3 is 15.8 Å². The van der Waals surface area contributed by atoms with Crippen LogP contribution in [0.5, 0.6) is 5.75 Å². The Morgan fingerprint density at radius 1 is 1.14 bits per heavy atom. The van der Waals surface area contributed by atoms with Crippen LogP contribution in [0.3, 0.4) is 0 Å². The lowest BCUT2D eigenvalue weighted by Gasteiger charge is -2.08. The van der Waals surface area contributed by atoms with Crippen LogP contribution in [-0.4, -0.2) is 35.9 Å². The molecule has 2 amide bonds. The number of primary amides is 1. The van der Waals surface area contributed by atoms with Crippen LogP contribution < -0.4 is 15.8 Å². The van der Waals surface area contributed by atoms with Crippen molar-refractivity contribution in [2.24, 2.45) is 5.73 Å². The number of methoxy groups -OCH3 is 1. The van der Waals surface area contributed by atoms with Gasteiger partial charge in [0.2, 0.25) is 11.8 Å². The lowest BCUT2D eigenvalue weighted by atomic mass is 10.1. The molecule has 3 N–H and O–H groups in total. The fraction of sp³-hybridized carbons (Fsp3) is 0.190. The van der Waals surface area contributed by atoms with Gasteiger partial charge in [0.1, 0.15) is 5.75 Å². The molecule has 0 aliphatic heterocycles. The number of rotatable bonds is 6. The molecule has 0 aliphatic rings. The van der Waals surface area contributed by atoms with Crippen LogP contribution in [0, 0.1) is 6.92 Å². The Hall–Kier alpha value is -3.32. The molecule has 3 rings (SSSR count). The lowest BCUT2D eigenvalue weighted by Crippen LogP contribution is -2.34. The zero-order chi connectivity index (χ0) is 21.1. The summed E-state index contributed by atoms with van der Waals surface area (Å²) in [6.45, 7) is 1.53. The van der Waals surface area contributed by atoms with Gasteiger partial charge >= 0.3 is 0 Å². The zero-order valence-corrected chi connectivity index (χ0v) is 16.7. The van der Waals surface area contributed by atoms with E-state index in [0.29, 0.717) is 33.1 Å². The highest BCUT2D eigenvalue weighted by Gasteiger charge is 2.22. The molecule has 0 bridgehead atoms. The van der Waals surface area contributed by atoms with E-state index in [0.717, 1.165) is 5.39 Å². The van der Waals surface area contributed by atoms with Gasteiger partial charge in [0, 0.05) is 21.7 Å². The number of ether oxygens (including phenoxy) is 1. The monoisotopic (exact) mass is 413 g/mol. The molecule has 0 saturated heterocycles. The van der Waals surface area contributed by atoms with E-state index in [9.17, 15) is 14.4 Å². The number of carbonyl (C=O) groups is 3. The summed E-state index contributed by atoms with van der Waals surface area (Å²) in [4.78, 5) is 36.4. The number of benzene rings is 2. The number of fused-ring (bicyclic) bond motifs is 1. The first-order valence-corrected chi connectivity index (χ1v) is 9.22. The molecule has 3 aromatic rings. The van der Waals surface area contributed by atoms with Gasteiger partial charge in [-0.05, 0) is 55.0 Å². The summed E-state index contributed by atoms with van der Waals surface area (Å²) in [7, 11) is 1.54. The Balaban J connectivity index is 2.09. The van der Waals surface area contributed by atoms with Crippen molar-refractivity contribution in [3.8, 4) is 5.75 Å². The maximum Gasteiger partial charge on any atom is 0.262 e. The maximum atomic E-state index is 13.2. The number of amides is 2. The third-order valence-electron chi connectivity index (χ3n) is 4.63. The van der Waals surface area contributed by atoms with Crippen LogP contribution >= 0.6 is 11.6 Å². The van der Waals surface area contributed by atoms with E-state index < -0.39 is 5.91 Å². The van der Waals surface area contributed by atoms with Crippen molar-refractivity contribution < 1.29 is 19.1 Å². The Morgan fingerprint density at radius 2 is 1.83 bits per heavy atom. The summed E-state index contributed by atoms with van der Waals surface area (Å²) >= 11 is 5.93. The van der Waals surface area contributed by atoms with Crippen LogP contribution in [0.2, 0.25) is 5.02 Å². The van der Waals surface area contributed by atoms with E-state index in [1.165, 1.54) is 0 Å². The van der Waals surface area contributed by atoms with E-state index in [4.69, 9.17) is 22.1 Å². The molecule has 0 spiro atoms. The fourth-order valence-corrected chi connectivity index (χ4v) is 3.33. The molecule has 2 aromatic carbocycles. The van der Waals surface area contributed by atoms with Gasteiger partial charge in [0.05, 0.1) is 25.6 Å². The quantitative estimate of drug-likeness (QED) is 0.647. The number of carbonyl (C=O) groups excluding carboxylic acids is 3. The molecule has 0 fully saturated rings. The number of nitrogens with one attached hydrogen (secondary N) is 1. The van der Waals surface area contributed by atoms with E-state index in [1.807, 2.05) is 0 Å². The standard InChI is InChI=1S/C21H20ClN3O4/c1-12-16(10-20(27)24-11-19(23)26)17-9-15(29-2)7-8-18(17)25(12)21(28)13-3-5-14(22)6-4-13/h3-9H,10-11H2,1-2H3,(H2,23,26)(H,24,27). The summed E-state index contributed by atoms with van der Waals surface area (Å²) in [5.74, 6) is -0.629. The SMILES string of the molecule is COc1ccc2c(c1)c(CC(=O)NCC(N)=O)c(C)n2C(=O)c1ccc(Cl)cc1. The van der Waals surface area contributed by atoms with Gasteiger partial charge in [-0.1, -0.05) is 11.6 Å². The minimum Gasteiger partial charge on any atom is -0.497 e. The molecule has 0 aliphatic carbocycles. The highest BCUT2D eigenvalue weighted by atomic mass is 35.5. The van der Waals surface area contributed by atoms with Gasteiger partial charge in [0.25, 0.3) is 5.91 Å². The van der Waals surface area contributed by atoms with Crippen LogP contribution in [0.15, 0.2) is 42.5 Å². The average Bonchev–Trinajstić information content (AvgIpc) is 2.97. The normalized spacial score (nSPS) is 10.7. The second-order valence-electron chi connectivity index (χ2n) is 6.51. The van der Waals surface area contributed by atoms with Crippen molar-refractivity contribution in [1.82, 2.24) is 9.88 Å². The molecule has 0 radical (unpaired) electrons. The number of aromatic nitrogens is 1. The second-order valence-corrected chi connectivity index (χ2v) is 6.95. The third kappa shape index (κ3) is 4.25. The molecule has 0 atom stereocenters. The number of nitrogens with zero attached hydrogens (tertiary/aromatic N) is 1. The molecule has 0 unspecified atom stereocenters. The van der Waals surface area contributed by atoms with E-state index in [-0.39, 0.29) is 24.8 Å². The zero-order valence-electron chi connectivity index (χ0n) is 16.0. The van der Waals surface area contributed by atoms with Crippen molar-refractivity contribution in [3.05, 3.63) is 64.3 Å². The molecule has 8 heteroatoms. The first-order valence-electron chi connectivity index (χ1n) is 8.85. The van der Waals surface area contributed by atoms with Gasteiger partial charge in [-0.3, -0.25) is 19.0 Å². The van der Waals surface area contributed by atoms with Crippen molar-refractivity contribution >= 4 is 40.2 Å². The maximum absolute atomic E-state index is 13.2. The van der Waals surface area contributed by atoms with Gasteiger partial charge in [0.15, 0.2) is 0 Å². The molecule has 7 nitrogen and oxygen atoms in total. The Kier molecular flexibility index (Phi) is 5.89. The Morgan fingerprint density at radius 3 is 2.45 bits per heavy atom. The fourth-order valence-electron chi connectivity index (χ4n) is 3.20. The van der Waals surface area contributed by atoms with Crippen molar-refractivity contribution in [1.29, 1.82) is 0 Å². The molecule has 1 heterocycles. The molecular formula is C21H20ClN3O4. The topological polar surface area (TPSA) is 103 Å². The van der Waals surface area contributed by atoms with Crippen molar-refractivity contribution in [3.63, 3.8) is 0 Å². The number of hydrogen-bond acceptors (Lipinski definition) is 4. The second kappa shape index (κ2) is 8.36. The predicted octanol–water partition coefficient (Wildman–Crippen LogP) is 2.44. The van der Waals surface area contributed by atoms with Crippen LogP contribution in [-0.2, 0) is 16.0 Å². The molecule has 150 valence electrons. The van der Waals surface area contributed by atoms with Gasteiger partial charge in [-0.15, -0.1) is 0 Å². The summed E-state index contributed by atoms with van der Waals surface area (Å²) in [5, 5.41) is 3.73. The Labute approximate surface area is 172 Å². The van der Waals surface area contributed by atoms with Crippen LogP contribution in [0.25, 0.3) is 10.9 Å². The largest absolute Gasteiger partial charge is 0.497 e. The first-order chi connectivity index (χ1) is 13.8. The van der Waals surface area contributed by atoms with Crippen molar-refractivity contribution in [2.75, 3.05) is 13.7 Å². The lowest BCUT2D eigenvalue weighted by molar-refractivity contribution is -0.124. The number of nitrogens with two attached hydrogens (primary N) is 1. The third-order valence-corrected chi connectivity index (χ3v) is 4.89. The molecule has 1 aromatic heterocycles. The summed E-state index contributed by atoms with van der Waals surface area (Å²) in [6, 6.07) is 11.9. The number of halogens is 1. The highest BCUT2D eigenvalue weighted by Crippen LogP contribution is 2.30. The smallest absolute Gasteiger partial charge is 0.262 e. The van der Waals surface area contributed by atoms with Crippen LogP contribution in [0.1, 0.15) is 21.6 Å². The summed E-state index contributed by atoms with van der Waals surface area (Å²) < 4.78 is 6.86. The number of hydrogen-bond donors (Lipinski definition) is 2. The average molecular weight is 414 g/mol. The molecular weight excluding hydrogens is 394 g/mol. The minimum atomic E-state index is -0.628. The highest BCUT2D eigenvalue weighted by molar-refractivity contribution is 6.30. The van der Waals surface area contributed by atoms with Gasteiger partial charge in [-0.25, -0.2) is 0 Å².